The molecule has 8 heteroatoms. The maximum absolute atomic E-state index is 11.7. The van der Waals surface area contributed by atoms with Crippen molar-refractivity contribution >= 4 is 57.7 Å². The van der Waals surface area contributed by atoms with Crippen molar-refractivity contribution in [3.8, 4) is 11.3 Å². The van der Waals surface area contributed by atoms with Gasteiger partial charge in [0.15, 0.2) is 0 Å². The van der Waals surface area contributed by atoms with Gasteiger partial charge < -0.3 is 9.88 Å². The van der Waals surface area contributed by atoms with Gasteiger partial charge in [-0.25, -0.2) is 9.97 Å². The van der Waals surface area contributed by atoms with Crippen LogP contribution in [-0.4, -0.2) is 26.2 Å². The zero-order chi connectivity index (χ0) is 23.0. The van der Waals surface area contributed by atoms with E-state index in [1.807, 2.05) is 31.2 Å². The standard InChI is InChI=1S/C24H22Cl2N4OS/c1-13-4-5-18(25)23-17(13)9-15(3)30(23)7-6-27-21-11-20(28-12-29-21)16-8-14(2)22(24(31)32)19(26)10-16/h4-5,8-12H,6-7H2,1-3H3,(H,31,32)(H,27,28,29). The molecule has 32 heavy (non-hydrogen) atoms. The number of carbonyl (C=O) groups excluding carboxylic acids is 1. The van der Waals surface area contributed by atoms with Gasteiger partial charge >= 0.3 is 0 Å². The first-order valence-electron chi connectivity index (χ1n) is 10.1. The third-order valence-corrected chi connectivity index (χ3v) is 6.37. The lowest BCUT2D eigenvalue weighted by atomic mass is 10.0. The van der Waals surface area contributed by atoms with E-state index in [4.69, 9.17) is 23.2 Å². The van der Waals surface area contributed by atoms with E-state index >= 15 is 0 Å². The molecule has 0 radical (unpaired) electrons. The van der Waals surface area contributed by atoms with Crippen molar-refractivity contribution in [1.29, 1.82) is 0 Å². The fraction of sp³-hybridized carbons (Fsp3) is 0.208. The van der Waals surface area contributed by atoms with E-state index in [1.54, 1.807) is 6.07 Å². The molecular formula is C24H22Cl2N4OS. The highest BCUT2D eigenvalue weighted by Gasteiger charge is 2.14. The number of aromatic nitrogens is 3. The van der Waals surface area contributed by atoms with Gasteiger partial charge in [0.05, 0.1) is 26.8 Å². The van der Waals surface area contributed by atoms with Crippen molar-refractivity contribution in [2.24, 2.45) is 0 Å². The molecule has 0 fully saturated rings. The van der Waals surface area contributed by atoms with E-state index in [0.29, 0.717) is 28.6 Å². The summed E-state index contributed by atoms with van der Waals surface area (Å²) in [7, 11) is 0. The third kappa shape index (κ3) is 4.35. The van der Waals surface area contributed by atoms with Gasteiger partial charge in [0.25, 0.3) is 0 Å². The fourth-order valence-electron chi connectivity index (χ4n) is 3.96. The molecular weight excluding hydrogens is 463 g/mol. The SMILES string of the molecule is Cc1cc(-c2cc(NCCn3c(C)cc4c(C)ccc(Cl)c43)ncn2)cc(Cl)c1C(=O)S. The molecule has 0 atom stereocenters. The predicted octanol–water partition coefficient (Wildman–Crippen LogP) is 6.51. The molecule has 2 aromatic heterocycles. The summed E-state index contributed by atoms with van der Waals surface area (Å²) < 4.78 is 2.22. The van der Waals surface area contributed by atoms with Crippen LogP contribution in [0.4, 0.5) is 5.82 Å². The molecule has 0 amide bonds. The summed E-state index contributed by atoms with van der Waals surface area (Å²) in [5, 5.41) is 5.29. The number of fused-ring (bicyclic) bond motifs is 1. The van der Waals surface area contributed by atoms with Crippen LogP contribution in [0.1, 0.15) is 27.2 Å². The first-order chi connectivity index (χ1) is 15.3. The van der Waals surface area contributed by atoms with Crippen LogP contribution >= 0.6 is 35.8 Å². The van der Waals surface area contributed by atoms with Gasteiger partial charge in [-0.05, 0) is 56.2 Å². The molecule has 4 aromatic rings. The van der Waals surface area contributed by atoms with Gasteiger partial charge in [-0.3, -0.25) is 4.79 Å². The van der Waals surface area contributed by atoms with Gasteiger partial charge in [0.1, 0.15) is 12.1 Å². The molecule has 4 rings (SSSR count). The number of aryl methyl sites for hydroxylation is 3. The second kappa shape index (κ2) is 9.14. The van der Waals surface area contributed by atoms with Crippen molar-refractivity contribution in [1.82, 2.24) is 14.5 Å². The summed E-state index contributed by atoms with van der Waals surface area (Å²) >= 11 is 16.7. The van der Waals surface area contributed by atoms with Crippen molar-refractivity contribution < 1.29 is 4.79 Å². The summed E-state index contributed by atoms with van der Waals surface area (Å²) in [4.78, 5) is 20.4. The highest BCUT2D eigenvalue weighted by molar-refractivity contribution is 7.97. The first-order valence-corrected chi connectivity index (χ1v) is 11.3. The van der Waals surface area contributed by atoms with Crippen LogP contribution in [0.15, 0.2) is 42.7 Å². The molecule has 0 spiro atoms. The average molecular weight is 485 g/mol. The predicted molar refractivity (Wildman–Crippen MR) is 135 cm³/mol. The number of thiol groups is 1. The Bertz CT molecular complexity index is 1330. The Labute approximate surface area is 202 Å². The van der Waals surface area contributed by atoms with Crippen LogP contribution in [0, 0.1) is 20.8 Å². The fourth-order valence-corrected chi connectivity index (χ4v) is 4.94. The van der Waals surface area contributed by atoms with E-state index in [9.17, 15) is 4.79 Å². The molecule has 0 saturated heterocycles. The normalized spacial score (nSPS) is 11.2. The highest BCUT2D eigenvalue weighted by Crippen LogP contribution is 2.31. The van der Waals surface area contributed by atoms with Crippen molar-refractivity contribution in [3.05, 3.63) is 75.2 Å². The summed E-state index contributed by atoms with van der Waals surface area (Å²) in [6.45, 7) is 7.41. The lowest BCUT2D eigenvalue weighted by molar-refractivity contribution is 0.109. The molecule has 0 aliphatic carbocycles. The van der Waals surface area contributed by atoms with Crippen LogP contribution in [0.25, 0.3) is 22.2 Å². The van der Waals surface area contributed by atoms with E-state index in [2.05, 4.69) is 52.4 Å². The van der Waals surface area contributed by atoms with E-state index < -0.39 is 0 Å². The number of anilines is 1. The van der Waals surface area contributed by atoms with E-state index in [-0.39, 0.29) is 5.12 Å². The van der Waals surface area contributed by atoms with Crippen molar-refractivity contribution in [2.75, 3.05) is 11.9 Å². The monoisotopic (exact) mass is 484 g/mol. The van der Waals surface area contributed by atoms with Gasteiger partial charge in [0, 0.05) is 35.8 Å². The number of benzene rings is 2. The Morgan fingerprint density at radius 1 is 1.03 bits per heavy atom. The lowest BCUT2D eigenvalue weighted by Crippen LogP contribution is -2.12. The quantitative estimate of drug-likeness (QED) is 0.306. The number of hydrogen-bond acceptors (Lipinski definition) is 4. The maximum atomic E-state index is 11.7. The number of nitrogens with one attached hydrogen (secondary N) is 1. The van der Waals surface area contributed by atoms with Crippen molar-refractivity contribution in [3.63, 3.8) is 0 Å². The van der Waals surface area contributed by atoms with Crippen LogP contribution < -0.4 is 5.32 Å². The second-order valence-corrected chi connectivity index (χ2v) is 8.95. The Balaban J connectivity index is 1.54. The van der Waals surface area contributed by atoms with Gasteiger partial charge in [-0.1, -0.05) is 29.3 Å². The van der Waals surface area contributed by atoms with Gasteiger partial charge in [-0.2, -0.15) is 0 Å². The minimum Gasteiger partial charge on any atom is -0.368 e. The maximum Gasteiger partial charge on any atom is 0.218 e. The Morgan fingerprint density at radius 3 is 2.53 bits per heavy atom. The van der Waals surface area contributed by atoms with E-state index in [0.717, 1.165) is 33.9 Å². The third-order valence-electron chi connectivity index (χ3n) is 5.54. The molecule has 0 bridgehead atoms. The molecule has 164 valence electrons. The molecule has 5 nitrogen and oxygen atoms in total. The second-order valence-electron chi connectivity index (χ2n) is 7.73. The molecule has 2 aromatic carbocycles. The number of rotatable bonds is 6. The molecule has 0 aliphatic rings. The minimum absolute atomic E-state index is 0.354. The van der Waals surface area contributed by atoms with Crippen LogP contribution in [0.5, 0.6) is 0 Å². The number of halogens is 2. The molecule has 0 unspecified atom stereocenters. The Hall–Kier alpha value is -2.54. The van der Waals surface area contributed by atoms with Crippen LogP contribution in [0.2, 0.25) is 10.0 Å². The van der Waals surface area contributed by atoms with Gasteiger partial charge in [-0.15, -0.1) is 12.6 Å². The van der Waals surface area contributed by atoms with Crippen LogP contribution in [-0.2, 0) is 6.54 Å². The first kappa shape index (κ1) is 22.6. The van der Waals surface area contributed by atoms with Crippen molar-refractivity contribution in [2.45, 2.75) is 27.3 Å². The summed E-state index contributed by atoms with van der Waals surface area (Å²) in [6.07, 6.45) is 1.51. The smallest absolute Gasteiger partial charge is 0.218 e. The summed E-state index contributed by atoms with van der Waals surface area (Å²) in [5.41, 5.74) is 6.11. The molecule has 1 N–H and O–H groups in total. The lowest BCUT2D eigenvalue weighted by Gasteiger charge is -2.12. The Kier molecular flexibility index (Phi) is 6.47. The summed E-state index contributed by atoms with van der Waals surface area (Å²) in [5.74, 6) is 0.703. The topological polar surface area (TPSA) is 59.8 Å². The molecule has 2 heterocycles. The largest absolute Gasteiger partial charge is 0.368 e. The van der Waals surface area contributed by atoms with E-state index in [1.165, 1.54) is 17.3 Å². The zero-order valence-electron chi connectivity index (χ0n) is 17.9. The highest BCUT2D eigenvalue weighted by atomic mass is 35.5. The Morgan fingerprint density at radius 2 is 1.81 bits per heavy atom. The molecule has 0 aliphatic heterocycles. The zero-order valence-corrected chi connectivity index (χ0v) is 20.3. The number of hydrogen-bond donors (Lipinski definition) is 2. The van der Waals surface area contributed by atoms with Crippen LogP contribution in [0.3, 0.4) is 0 Å². The van der Waals surface area contributed by atoms with Gasteiger partial charge in [0.2, 0.25) is 5.12 Å². The number of carbonyl (C=O) groups is 1. The average Bonchev–Trinajstić information content (AvgIpc) is 3.08. The summed E-state index contributed by atoms with van der Waals surface area (Å²) in [6, 6.07) is 11.6. The number of nitrogens with zero attached hydrogens (tertiary/aromatic N) is 3. The molecule has 0 saturated carbocycles. The minimum atomic E-state index is -0.354.